The number of halogens is 1. The third-order valence-electron chi connectivity index (χ3n) is 4.94. The summed E-state index contributed by atoms with van der Waals surface area (Å²) in [5.41, 5.74) is 10.3. The summed E-state index contributed by atoms with van der Waals surface area (Å²) in [4.78, 5) is 13.5. The van der Waals surface area contributed by atoms with Crippen LogP contribution in [0.3, 0.4) is 0 Å². The average molecular weight is 388 g/mol. The Kier molecular flexibility index (Phi) is 6.06. The number of benzene rings is 1. The van der Waals surface area contributed by atoms with Gasteiger partial charge in [0, 0.05) is 54.2 Å². The van der Waals surface area contributed by atoms with Crippen molar-refractivity contribution in [3.63, 3.8) is 0 Å². The van der Waals surface area contributed by atoms with Crippen LogP contribution in [0.15, 0.2) is 35.5 Å². The van der Waals surface area contributed by atoms with Crippen LogP contribution in [0.4, 0.5) is 5.69 Å². The molecule has 0 spiro atoms. The summed E-state index contributed by atoms with van der Waals surface area (Å²) < 4.78 is 5.46. The largest absolute Gasteiger partial charge is 0.496 e. The molecule has 0 radical (unpaired) electrons. The molecule has 3 rings (SSSR count). The van der Waals surface area contributed by atoms with Crippen molar-refractivity contribution < 1.29 is 4.74 Å². The highest BCUT2D eigenvalue weighted by atomic mass is 35.5. The molecule has 1 aromatic carbocycles. The lowest BCUT2D eigenvalue weighted by Crippen LogP contribution is -2.51. The molecule has 27 heavy (non-hydrogen) atoms. The van der Waals surface area contributed by atoms with Crippen molar-refractivity contribution in [2.45, 2.75) is 20.4 Å². The predicted octanol–water partition coefficient (Wildman–Crippen LogP) is 3.00. The molecule has 0 unspecified atom stereocenters. The lowest BCUT2D eigenvalue weighted by Gasteiger charge is -2.36. The summed E-state index contributed by atoms with van der Waals surface area (Å²) in [7, 11) is 1.68. The van der Waals surface area contributed by atoms with Crippen LogP contribution < -0.4 is 15.4 Å². The number of hydrogen-bond acceptors (Lipinski definition) is 4. The van der Waals surface area contributed by atoms with Crippen molar-refractivity contribution in [2.24, 2.45) is 10.7 Å². The van der Waals surface area contributed by atoms with E-state index in [1.54, 1.807) is 7.11 Å². The van der Waals surface area contributed by atoms with E-state index in [1.165, 1.54) is 5.69 Å². The number of aliphatic imine (C=N–C) groups is 1. The van der Waals surface area contributed by atoms with Gasteiger partial charge >= 0.3 is 0 Å². The van der Waals surface area contributed by atoms with Crippen molar-refractivity contribution >= 4 is 23.2 Å². The van der Waals surface area contributed by atoms with E-state index in [4.69, 9.17) is 22.1 Å². The van der Waals surface area contributed by atoms with Gasteiger partial charge in [0.05, 0.1) is 19.3 Å². The normalized spacial score (nSPS) is 15.2. The van der Waals surface area contributed by atoms with Gasteiger partial charge in [-0.1, -0.05) is 11.6 Å². The molecule has 144 valence electrons. The maximum Gasteiger partial charge on any atom is 0.191 e. The topological polar surface area (TPSA) is 67.0 Å². The van der Waals surface area contributed by atoms with Crippen LogP contribution in [0.2, 0.25) is 5.02 Å². The molecule has 7 heteroatoms. The number of guanidine groups is 1. The summed E-state index contributed by atoms with van der Waals surface area (Å²) in [6.07, 6.45) is 1.82. The predicted molar refractivity (Wildman–Crippen MR) is 111 cm³/mol. The third-order valence-corrected chi connectivity index (χ3v) is 5.19. The fourth-order valence-corrected chi connectivity index (χ4v) is 3.46. The second kappa shape index (κ2) is 8.48. The Balaban J connectivity index is 1.61. The Morgan fingerprint density at radius 2 is 1.85 bits per heavy atom. The molecule has 2 N–H and O–H groups in total. The van der Waals surface area contributed by atoms with Gasteiger partial charge < -0.3 is 20.3 Å². The molecule has 0 aliphatic carbocycles. The van der Waals surface area contributed by atoms with Gasteiger partial charge in [-0.2, -0.15) is 0 Å². The molecule has 0 amide bonds. The van der Waals surface area contributed by atoms with Crippen LogP contribution in [0.5, 0.6) is 5.75 Å². The van der Waals surface area contributed by atoms with E-state index < -0.39 is 0 Å². The minimum Gasteiger partial charge on any atom is -0.496 e. The van der Waals surface area contributed by atoms with Gasteiger partial charge in [-0.3, -0.25) is 4.98 Å². The van der Waals surface area contributed by atoms with Crippen LogP contribution in [-0.2, 0) is 6.54 Å². The molecule has 6 nitrogen and oxygen atoms in total. The summed E-state index contributed by atoms with van der Waals surface area (Å²) in [5, 5.41) is 0.755. The number of aryl methyl sites for hydroxylation is 1. The zero-order valence-corrected chi connectivity index (χ0v) is 16.8. The number of piperazine rings is 1. The van der Waals surface area contributed by atoms with Gasteiger partial charge in [0.15, 0.2) is 5.96 Å². The fraction of sp³-hybridized carbons (Fsp3) is 0.400. The minimum atomic E-state index is 0.450. The molecule has 1 aromatic heterocycles. The molecule has 0 saturated carbocycles. The molecule has 0 atom stereocenters. The standard InChI is InChI=1S/C20H26ClN5O/c1-14-12-23-18(15(2)19(14)27-3)13-24-20(22)26-10-8-25(9-11-26)17-6-4-16(21)5-7-17/h4-7,12H,8-11,13H2,1-3H3,(H2,22,24). The Morgan fingerprint density at radius 3 is 2.48 bits per heavy atom. The number of pyridine rings is 1. The smallest absolute Gasteiger partial charge is 0.191 e. The monoisotopic (exact) mass is 387 g/mol. The second-order valence-electron chi connectivity index (χ2n) is 6.67. The molecule has 1 aliphatic rings. The van der Waals surface area contributed by atoms with Gasteiger partial charge in [-0.15, -0.1) is 0 Å². The van der Waals surface area contributed by atoms with Crippen molar-refractivity contribution in [3.05, 3.63) is 52.3 Å². The summed E-state index contributed by atoms with van der Waals surface area (Å²) >= 11 is 5.97. The van der Waals surface area contributed by atoms with E-state index in [0.29, 0.717) is 12.5 Å². The number of nitrogens with zero attached hydrogens (tertiary/aromatic N) is 4. The van der Waals surface area contributed by atoms with Gasteiger partial charge in [-0.05, 0) is 38.1 Å². The molecule has 1 aliphatic heterocycles. The lowest BCUT2D eigenvalue weighted by atomic mass is 10.1. The zero-order valence-electron chi connectivity index (χ0n) is 16.1. The van der Waals surface area contributed by atoms with E-state index >= 15 is 0 Å². The van der Waals surface area contributed by atoms with Crippen molar-refractivity contribution in [3.8, 4) is 5.75 Å². The van der Waals surface area contributed by atoms with Crippen LogP contribution in [0.25, 0.3) is 0 Å². The number of nitrogens with two attached hydrogens (primary N) is 1. The number of aromatic nitrogens is 1. The first-order chi connectivity index (χ1) is 13.0. The maximum absolute atomic E-state index is 6.23. The molecule has 1 fully saturated rings. The second-order valence-corrected chi connectivity index (χ2v) is 7.11. The first-order valence-corrected chi connectivity index (χ1v) is 9.42. The Morgan fingerprint density at radius 1 is 1.19 bits per heavy atom. The van der Waals surface area contributed by atoms with E-state index in [2.05, 4.69) is 31.9 Å². The van der Waals surface area contributed by atoms with Crippen LogP contribution in [-0.4, -0.2) is 49.1 Å². The zero-order chi connectivity index (χ0) is 19.4. The molecule has 2 heterocycles. The van der Waals surface area contributed by atoms with Crippen molar-refractivity contribution in [2.75, 3.05) is 38.2 Å². The number of anilines is 1. The minimum absolute atomic E-state index is 0.450. The number of rotatable bonds is 4. The summed E-state index contributed by atoms with van der Waals surface area (Å²) in [6.45, 7) is 7.90. The highest BCUT2D eigenvalue weighted by Gasteiger charge is 2.19. The van der Waals surface area contributed by atoms with Gasteiger partial charge in [0.2, 0.25) is 0 Å². The van der Waals surface area contributed by atoms with E-state index in [0.717, 1.165) is 53.8 Å². The molecule has 1 saturated heterocycles. The Bertz CT molecular complexity index is 814. The fourth-order valence-electron chi connectivity index (χ4n) is 3.33. The first kappa shape index (κ1) is 19.3. The maximum atomic E-state index is 6.23. The molecule has 0 bridgehead atoms. The highest BCUT2D eigenvalue weighted by Crippen LogP contribution is 2.24. The summed E-state index contributed by atoms with van der Waals surface area (Å²) in [5.74, 6) is 1.43. The van der Waals surface area contributed by atoms with Crippen LogP contribution in [0.1, 0.15) is 16.8 Å². The van der Waals surface area contributed by atoms with Crippen molar-refractivity contribution in [1.82, 2.24) is 9.88 Å². The van der Waals surface area contributed by atoms with E-state index in [9.17, 15) is 0 Å². The highest BCUT2D eigenvalue weighted by molar-refractivity contribution is 6.30. The molecular formula is C20H26ClN5O. The Labute approximate surface area is 165 Å². The van der Waals surface area contributed by atoms with E-state index in [-0.39, 0.29) is 0 Å². The molecular weight excluding hydrogens is 362 g/mol. The van der Waals surface area contributed by atoms with Gasteiger partial charge in [0.1, 0.15) is 5.75 Å². The quantitative estimate of drug-likeness (QED) is 0.645. The average Bonchev–Trinajstić information content (AvgIpc) is 2.68. The number of methoxy groups -OCH3 is 1. The van der Waals surface area contributed by atoms with Crippen LogP contribution in [0, 0.1) is 13.8 Å². The van der Waals surface area contributed by atoms with Gasteiger partial charge in [-0.25, -0.2) is 4.99 Å². The molecule has 2 aromatic rings. The van der Waals surface area contributed by atoms with Gasteiger partial charge in [0.25, 0.3) is 0 Å². The first-order valence-electron chi connectivity index (χ1n) is 9.04. The Hall–Kier alpha value is -2.47. The number of ether oxygens (including phenoxy) is 1. The van der Waals surface area contributed by atoms with Crippen molar-refractivity contribution in [1.29, 1.82) is 0 Å². The number of hydrogen-bond donors (Lipinski definition) is 1. The van der Waals surface area contributed by atoms with Crippen LogP contribution >= 0.6 is 11.6 Å². The van der Waals surface area contributed by atoms with E-state index in [1.807, 2.05) is 32.2 Å². The third kappa shape index (κ3) is 4.45. The lowest BCUT2D eigenvalue weighted by molar-refractivity contribution is 0.380. The SMILES string of the molecule is COc1c(C)cnc(CN=C(N)N2CCN(c3ccc(Cl)cc3)CC2)c1C. The summed E-state index contributed by atoms with van der Waals surface area (Å²) in [6, 6.07) is 7.94.